The molecular weight excluding hydrogens is 426 g/mol. The van der Waals surface area contributed by atoms with Gasteiger partial charge in [-0.15, -0.1) is 0 Å². The van der Waals surface area contributed by atoms with Crippen LogP contribution in [0.4, 0.5) is 10.5 Å². The zero-order valence-electron chi connectivity index (χ0n) is 17.6. The Morgan fingerprint density at radius 2 is 1.50 bits per heavy atom. The summed E-state index contributed by atoms with van der Waals surface area (Å²) < 4.78 is 30.2. The normalized spacial score (nSPS) is 14.7. The summed E-state index contributed by atoms with van der Waals surface area (Å²) in [6.07, 6.45) is 0. The van der Waals surface area contributed by atoms with Gasteiger partial charge in [-0.05, 0) is 42.0 Å². The average Bonchev–Trinajstić information content (AvgIpc) is 2.81. The highest BCUT2D eigenvalue weighted by molar-refractivity contribution is 7.87. The van der Waals surface area contributed by atoms with Gasteiger partial charge in [-0.25, -0.2) is 4.79 Å². The van der Waals surface area contributed by atoms with Crippen LogP contribution in [-0.4, -0.2) is 50.4 Å². The van der Waals surface area contributed by atoms with E-state index in [0.717, 1.165) is 24.3 Å². The number of nitrogens with zero attached hydrogens (tertiary/aromatic N) is 2. The maximum absolute atomic E-state index is 12.5. The van der Waals surface area contributed by atoms with Crippen molar-refractivity contribution in [2.45, 2.75) is 11.4 Å². The molecule has 0 saturated carbocycles. The van der Waals surface area contributed by atoms with Gasteiger partial charge >= 0.3 is 16.1 Å². The van der Waals surface area contributed by atoms with Gasteiger partial charge in [0.25, 0.3) is 0 Å². The summed E-state index contributed by atoms with van der Waals surface area (Å²) in [6, 6.07) is 24.5. The van der Waals surface area contributed by atoms with E-state index in [1.54, 1.807) is 41.3 Å². The van der Waals surface area contributed by atoms with Crippen LogP contribution in [-0.2, 0) is 16.7 Å². The van der Waals surface area contributed by atoms with E-state index < -0.39 is 10.1 Å². The highest BCUT2D eigenvalue weighted by Crippen LogP contribution is 2.21. The molecule has 7 nitrogen and oxygen atoms in total. The topological polar surface area (TPSA) is 79.0 Å². The number of hydrogen-bond acceptors (Lipinski definition) is 5. The van der Waals surface area contributed by atoms with Crippen LogP contribution in [0.15, 0.2) is 89.8 Å². The molecule has 1 aliphatic heterocycles. The first-order chi connectivity index (χ1) is 15.5. The summed E-state index contributed by atoms with van der Waals surface area (Å²) in [6.45, 7) is 3.36. The van der Waals surface area contributed by atoms with E-state index in [2.05, 4.69) is 10.2 Å². The van der Waals surface area contributed by atoms with Crippen molar-refractivity contribution in [3.05, 3.63) is 90.5 Å². The summed E-state index contributed by atoms with van der Waals surface area (Å²) in [7, 11) is -3.87. The van der Waals surface area contributed by atoms with Crippen molar-refractivity contribution in [3.8, 4) is 5.75 Å². The molecule has 0 aromatic heterocycles. The Labute approximate surface area is 188 Å². The Kier molecular flexibility index (Phi) is 6.72. The number of benzene rings is 3. The van der Waals surface area contributed by atoms with E-state index in [-0.39, 0.29) is 16.7 Å². The minimum Gasteiger partial charge on any atom is -0.379 e. The Morgan fingerprint density at radius 1 is 0.844 bits per heavy atom. The summed E-state index contributed by atoms with van der Waals surface area (Å²) in [5.41, 5.74) is 1.73. The number of amides is 2. The summed E-state index contributed by atoms with van der Waals surface area (Å²) in [5, 5.41) is 2.91. The number of carbonyl (C=O) groups excluding carboxylic acids is 1. The summed E-state index contributed by atoms with van der Waals surface area (Å²) in [4.78, 5) is 16.6. The van der Waals surface area contributed by atoms with Crippen molar-refractivity contribution in [1.29, 1.82) is 0 Å². The lowest BCUT2D eigenvalue weighted by molar-refractivity contribution is 0.143. The molecule has 0 unspecified atom stereocenters. The van der Waals surface area contributed by atoms with Crippen LogP contribution >= 0.6 is 0 Å². The lowest BCUT2D eigenvalue weighted by atomic mass is 10.2. The molecule has 1 heterocycles. The van der Waals surface area contributed by atoms with Crippen LogP contribution in [0, 0.1) is 0 Å². The number of rotatable bonds is 6. The molecule has 3 aromatic rings. The second-order valence-electron chi connectivity index (χ2n) is 7.56. The lowest BCUT2D eigenvalue weighted by Gasteiger charge is -2.34. The molecule has 0 atom stereocenters. The van der Waals surface area contributed by atoms with Gasteiger partial charge in [0.05, 0.1) is 0 Å². The molecule has 3 aromatic carbocycles. The quantitative estimate of drug-likeness (QED) is 0.577. The highest BCUT2D eigenvalue weighted by Gasteiger charge is 2.22. The molecular formula is C24H25N3O4S. The largest absolute Gasteiger partial charge is 0.379 e. The second kappa shape index (κ2) is 9.84. The summed E-state index contributed by atoms with van der Waals surface area (Å²) >= 11 is 0. The van der Waals surface area contributed by atoms with Crippen LogP contribution in [0.3, 0.4) is 0 Å². The number of hydrogen-bond donors (Lipinski definition) is 1. The van der Waals surface area contributed by atoms with Crippen LogP contribution in [0.1, 0.15) is 5.56 Å². The SMILES string of the molecule is O=C(Nc1ccccc1)N1CCN(Cc2cccc(OS(=O)(=O)c3ccccc3)c2)CC1. The molecule has 1 N–H and O–H groups in total. The van der Waals surface area contributed by atoms with Crippen molar-refractivity contribution in [2.75, 3.05) is 31.5 Å². The van der Waals surface area contributed by atoms with Crippen LogP contribution in [0.25, 0.3) is 0 Å². The Hall–Kier alpha value is -3.36. The Balaban J connectivity index is 1.31. The van der Waals surface area contributed by atoms with Gasteiger partial charge in [-0.3, -0.25) is 4.90 Å². The standard InChI is InChI=1S/C24H25N3O4S/c28-24(25-21-9-3-1-4-10-21)27-16-14-26(15-17-27)19-20-8-7-11-22(18-20)31-32(29,30)23-12-5-2-6-13-23/h1-13,18H,14-17,19H2,(H,25,28). The number of carbonyl (C=O) groups is 1. The molecule has 1 fully saturated rings. The second-order valence-corrected chi connectivity index (χ2v) is 9.10. The monoisotopic (exact) mass is 451 g/mol. The molecule has 2 amide bonds. The minimum atomic E-state index is -3.87. The van der Waals surface area contributed by atoms with E-state index in [0.29, 0.717) is 19.6 Å². The van der Waals surface area contributed by atoms with Gasteiger partial charge in [0.15, 0.2) is 0 Å². The Bertz CT molecular complexity index is 1150. The van der Waals surface area contributed by atoms with E-state index >= 15 is 0 Å². The molecule has 0 bridgehead atoms. The van der Waals surface area contributed by atoms with Gasteiger partial charge in [-0.1, -0.05) is 48.5 Å². The van der Waals surface area contributed by atoms with E-state index in [1.807, 2.05) is 36.4 Å². The van der Waals surface area contributed by atoms with E-state index in [4.69, 9.17) is 4.18 Å². The fourth-order valence-electron chi connectivity index (χ4n) is 3.55. The average molecular weight is 452 g/mol. The van der Waals surface area contributed by atoms with Gasteiger partial charge in [-0.2, -0.15) is 8.42 Å². The van der Waals surface area contributed by atoms with E-state index in [1.165, 1.54) is 12.1 Å². The molecule has 1 saturated heterocycles. The predicted octanol–water partition coefficient (Wildman–Crippen LogP) is 3.80. The molecule has 1 aliphatic rings. The summed E-state index contributed by atoms with van der Waals surface area (Å²) in [5.74, 6) is 0.284. The van der Waals surface area contributed by atoms with Gasteiger partial charge < -0.3 is 14.4 Å². The third-order valence-electron chi connectivity index (χ3n) is 5.23. The maximum atomic E-state index is 12.5. The van der Waals surface area contributed by atoms with Crippen molar-refractivity contribution in [3.63, 3.8) is 0 Å². The molecule has 32 heavy (non-hydrogen) atoms. The van der Waals surface area contributed by atoms with Crippen LogP contribution in [0.5, 0.6) is 5.75 Å². The number of urea groups is 1. The maximum Gasteiger partial charge on any atom is 0.339 e. The van der Waals surface area contributed by atoms with Gasteiger partial charge in [0, 0.05) is 38.4 Å². The highest BCUT2D eigenvalue weighted by atomic mass is 32.2. The van der Waals surface area contributed by atoms with Crippen molar-refractivity contribution in [1.82, 2.24) is 9.80 Å². The predicted molar refractivity (Wildman–Crippen MR) is 123 cm³/mol. The molecule has 4 rings (SSSR count). The first kappa shape index (κ1) is 21.9. The Morgan fingerprint density at radius 3 is 2.19 bits per heavy atom. The molecule has 0 aliphatic carbocycles. The fourth-order valence-corrected chi connectivity index (χ4v) is 4.49. The lowest BCUT2D eigenvalue weighted by Crippen LogP contribution is -2.49. The number of para-hydroxylation sites is 1. The van der Waals surface area contributed by atoms with Crippen LogP contribution < -0.4 is 9.50 Å². The van der Waals surface area contributed by atoms with Gasteiger partial charge in [0.2, 0.25) is 0 Å². The molecule has 166 valence electrons. The molecule has 0 radical (unpaired) electrons. The van der Waals surface area contributed by atoms with Crippen molar-refractivity contribution < 1.29 is 17.4 Å². The zero-order valence-corrected chi connectivity index (χ0v) is 18.4. The zero-order chi connectivity index (χ0) is 22.4. The van der Waals surface area contributed by atoms with Crippen LogP contribution in [0.2, 0.25) is 0 Å². The number of nitrogens with one attached hydrogen (secondary N) is 1. The smallest absolute Gasteiger partial charge is 0.339 e. The van der Waals surface area contributed by atoms with Gasteiger partial charge in [0.1, 0.15) is 10.6 Å². The molecule has 8 heteroatoms. The third-order valence-corrected chi connectivity index (χ3v) is 6.49. The van der Waals surface area contributed by atoms with E-state index in [9.17, 15) is 13.2 Å². The fraction of sp³-hybridized carbons (Fsp3) is 0.208. The first-order valence-electron chi connectivity index (χ1n) is 10.4. The third kappa shape index (κ3) is 5.66. The number of anilines is 1. The van der Waals surface area contributed by atoms with Crippen molar-refractivity contribution >= 4 is 21.8 Å². The molecule has 0 spiro atoms. The number of piperazine rings is 1. The minimum absolute atomic E-state index is 0.0997. The first-order valence-corrected chi connectivity index (χ1v) is 11.8. The van der Waals surface area contributed by atoms with Crippen molar-refractivity contribution in [2.24, 2.45) is 0 Å².